The average Bonchev–Trinajstić information content (AvgIpc) is 2.91. The molecule has 3 rings (SSSR count). The molecule has 0 saturated carbocycles. The number of pyridine rings is 2. The van der Waals surface area contributed by atoms with Gasteiger partial charge in [-0.1, -0.05) is 25.1 Å². The van der Waals surface area contributed by atoms with Crippen molar-refractivity contribution < 1.29 is 9.53 Å². The highest BCUT2D eigenvalue weighted by Crippen LogP contribution is 2.31. The Hall–Kier alpha value is -3.41. The van der Waals surface area contributed by atoms with Crippen molar-refractivity contribution in [2.24, 2.45) is 5.41 Å². The minimum atomic E-state index is -0.535. The summed E-state index contributed by atoms with van der Waals surface area (Å²) >= 11 is 0. The molecule has 0 aromatic carbocycles. The predicted octanol–water partition coefficient (Wildman–Crippen LogP) is 3.29. The third-order valence-corrected chi connectivity index (χ3v) is 6.78. The summed E-state index contributed by atoms with van der Waals surface area (Å²) in [6.45, 7) is 8.13. The Morgan fingerprint density at radius 2 is 2.17 bits per heavy atom. The number of nitrogens with one attached hydrogen (secondary N) is 3. The van der Waals surface area contributed by atoms with Gasteiger partial charge in [-0.05, 0) is 75.7 Å². The van der Waals surface area contributed by atoms with E-state index in [0.717, 1.165) is 17.5 Å². The molecule has 2 aromatic rings. The number of carbonyl (C=O) groups is 1. The summed E-state index contributed by atoms with van der Waals surface area (Å²) in [6, 6.07) is 9.58. The number of hydrogen-bond donors (Lipinski definition) is 3. The maximum absolute atomic E-state index is 13.1. The third kappa shape index (κ3) is 6.42. The molecule has 1 aliphatic heterocycles. The van der Waals surface area contributed by atoms with Gasteiger partial charge in [0, 0.05) is 32.0 Å². The van der Waals surface area contributed by atoms with Crippen molar-refractivity contribution in [2.45, 2.75) is 58.7 Å². The van der Waals surface area contributed by atoms with Crippen LogP contribution in [0, 0.1) is 16.7 Å². The zero-order chi connectivity index (χ0) is 26.0. The van der Waals surface area contributed by atoms with E-state index in [4.69, 9.17) is 4.74 Å². The smallest absolute Gasteiger partial charge is 0.267 e. The van der Waals surface area contributed by atoms with Gasteiger partial charge in [-0.3, -0.25) is 14.0 Å². The van der Waals surface area contributed by atoms with Crippen molar-refractivity contribution in [3.8, 4) is 6.07 Å². The number of rotatable bonds is 13. The first-order valence-corrected chi connectivity index (χ1v) is 12.7. The molecule has 3 heterocycles. The van der Waals surface area contributed by atoms with E-state index in [1.165, 1.54) is 4.40 Å². The summed E-state index contributed by atoms with van der Waals surface area (Å²) in [7, 11) is 0. The van der Waals surface area contributed by atoms with E-state index in [9.17, 15) is 14.9 Å². The van der Waals surface area contributed by atoms with Gasteiger partial charge >= 0.3 is 0 Å². The highest BCUT2D eigenvalue weighted by molar-refractivity contribution is 5.94. The van der Waals surface area contributed by atoms with Gasteiger partial charge in [0.2, 0.25) is 0 Å². The van der Waals surface area contributed by atoms with Gasteiger partial charge in [-0.25, -0.2) is 0 Å². The molecule has 1 aliphatic rings. The van der Waals surface area contributed by atoms with Crippen LogP contribution < -0.4 is 21.5 Å². The first-order chi connectivity index (χ1) is 17.5. The molecule has 0 radical (unpaired) electrons. The van der Waals surface area contributed by atoms with Crippen LogP contribution in [0.5, 0.6) is 0 Å². The molecule has 8 nitrogen and oxygen atoms in total. The van der Waals surface area contributed by atoms with Crippen LogP contribution in [-0.4, -0.2) is 42.2 Å². The largest absolute Gasteiger partial charge is 0.383 e. The van der Waals surface area contributed by atoms with Crippen molar-refractivity contribution in [3.05, 3.63) is 76.4 Å². The number of ether oxygens (including phenoxy) is 1. The Balaban J connectivity index is 1.74. The standard InChI is InChI=1S/C28H37N5O3/c1-4-28(20-29,25-11-6-8-14-31-25)13-15-30-19-22-18-23(26(34)32-21(3)12-17-36-5-2)27(35)33-16-9-7-10-24(22)33/h6-11,14,16,18,21,25,30-31H,4-5,12-13,15,17,19H2,1-3H3,(H,32,34). The van der Waals surface area contributed by atoms with Crippen LogP contribution in [0.1, 0.15) is 56.0 Å². The van der Waals surface area contributed by atoms with E-state index >= 15 is 0 Å². The van der Waals surface area contributed by atoms with E-state index in [1.54, 1.807) is 18.3 Å². The lowest BCUT2D eigenvalue weighted by Crippen LogP contribution is -2.43. The number of dihydropyridines is 1. The molecule has 1 amide bonds. The van der Waals surface area contributed by atoms with Crippen molar-refractivity contribution >= 4 is 11.4 Å². The summed E-state index contributed by atoms with van der Waals surface area (Å²) in [5, 5.41) is 19.6. The van der Waals surface area contributed by atoms with Gasteiger partial charge in [0.05, 0.1) is 23.0 Å². The topological polar surface area (TPSA) is 108 Å². The zero-order valence-electron chi connectivity index (χ0n) is 21.4. The predicted molar refractivity (Wildman–Crippen MR) is 142 cm³/mol. The van der Waals surface area contributed by atoms with E-state index < -0.39 is 5.41 Å². The number of nitriles is 1. The second-order valence-electron chi connectivity index (χ2n) is 9.14. The van der Waals surface area contributed by atoms with Gasteiger partial charge < -0.3 is 20.7 Å². The quantitative estimate of drug-likeness (QED) is 0.371. The number of carbonyl (C=O) groups excluding carboxylic acids is 1. The summed E-state index contributed by atoms with van der Waals surface area (Å²) in [4.78, 5) is 26.1. The van der Waals surface area contributed by atoms with E-state index in [0.29, 0.717) is 39.1 Å². The van der Waals surface area contributed by atoms with Crippen LogP contribution in [0.15, 0.2) is 59.7 Å². The van der Waals surface area contributed by atoms with Gasteiger partial charge in [0.1, 0.15) is 5.56 Å². The minimum Gasteiger partial charge on any atom is -0.383 e. The highest BCUT2D eigenvalue weighted by atomic mass is 16.5. The Kier molecular flexibility index (Phi) is 9.86. The molecule has 3 unspecified atom stereocenters. The molecular formula is C28H37N5O3. The molecular weight excluding hydrogens is 454 g/mol. The normalized spacial score (nSPS) is 17.2. The van der Waals surface area contributed by atoms with Crippen LogP contribution in [0.2, 0.25) is 0 Å². The van der Waals surface area contributed by atoms with Gasteiger partial charge in [0.25, 0.3) is 11.5 Å². The van der Waals surface area contributed by atoms with Gasteiger partial charge in [-0.15, -0.1) is 0 Å². The van der Waals surface area contributed by atoms with E-state index in [-0.39, 0.29) is 29.1 Å². The molecule has 0 aliphatic carbocycles. The Morgan fingerprint density at radius 1 is 1.33 bits per heavy atom. The first kappa shape index (κ1) is 27.2. The van der Waals surface area contributed by atoms with Crippen molar-refractivity contribution in [2.75, 3.05) is 19.8 Å². The second-order valence-corrected chi connectivity index (χ2v) is 9.14. The zero-order valence-corrected chi connectivity index (χ0v) is 21.4. The van der Waals surface area contributed by atoms with Crippen LogP contribution in [0.25, 0.3) is 5.52 Å². The summed E-state index contributed by atoms with van der Waals surface area (Å²) < 4.78 is 6.89. The molecule has 3 atom stereocenters. The molecule has 0 fully saturated rings. The molecule has 36 heavy (non-hydrogen) atoms. The van der Waals surface area contributed by atoms with Crippen molar-refractivity contribution in [1.29, 1.82) is 5.26 Å². The third-order valence-electron chi connectivity index (χ3n) is 6.78. The van der Waals surface area contributed by atoms with Crippen LogP contribution >= 0.6 is 0 Å². The molecule has 3 N–H and O–H groups in total. The number of aromatic nitrogens is 1. The Labute approximate surface area is 213 Å². The fourth-order valence-electron chi connectivity index (χ4n) is 4.48. The van der Waals surface area contributed by atoms with Crippen LogP contribution in [-0.2, 0) is 11.3 Å². The first-order valence-electron chi connectivity index (χ1n) is 12.7. The molecule has 8 heteroatoms. The van der Waals surface area contributed by atoms with Gasteiger partial charge in [-0.2, -0.15) is 5.26 Å². The molecule has 2 aromatic heterocycles. The van der Waals surface area contributed by atoms with Crippen molar-refractivity contribution in [1.82, 2.24) is 20.4 Å². The molecule has 0 bridgehead atoms. The highest BCUT2D eigenvalue weighted by Gasteiger charge is 2.35. The average molecular weight is 492 g/mol. The number of nitrogens with zero attached hydrogens (tertiary/aromatic N) is 2. The molecule has 0 saturated heterocycles. The van der Waals surface area contributed by atoms with Crippen molar-refractivity contribution in [3.63, 3.8) is 0 Å². The Morgan fingerprint density at radius 3 is 2.86 bits per heavy atom. The van der Waals surface area contributed by atoms with E-state index in [1.807, 2.05) is 57.3 Å². The lowest BCUT2D eigenvalue weighted by Gasteiger charge is -2.33. The SMILES string of the molecule is CCOCCC(C)NC(=O)c1cc(CNCCC(C#N)(CC)C2C=CC=CN2)c2ccccn2c1=O. The molecule has 0 spiro atoms. The van der Waals surface area contributed by atoms with Crippen LogP contribution in [0.3, 0.4) is 0 Å². The lowest BCUT2D eigenvalue weighted by atomic mass is 9.75. The number of amides is 1. The summed E-state index contributed by atoms with van der Waals surface area (Å²) in [5.74, 6) is -0.388. The lowest BCUT2D eigenvalue weighted by molar-refractivity contribution is 0.0919. The fourth-order valence-corrected chi connectivity index (χ4v) is 4.48. The fraction of sp³-hybridized carbons (Fsp3) is 0.464. The van der Waals surface area contributed by atoms with E-state index in [2.05, 4.69) is 22.0 Å². The maximum atomic E-state index is 13.1. The number of fused-ring (bicyclic) bond motifs is 1. The second kappa shape index (κ2) is 13.1. The number of hydrogen-bond acceptors (Lipinski definition) is 6. The minimum absolute atomic E-state index is 0.0459. The monoisotopic (exact) mass is 491 g/mol. The maximum Gasteiger partial charge on any atom is 0.267 e. The summed E-state index contributed by atoms with van der Waals surface area (Å²) in [6.07, 6.45) is 11.5. The summed E-state index contributed by atoms with van der Waals surface area (Å²) in [5.41, 5.74) is 0.829. The molecule has 192 valence electrons. The van der Waals surface area contributed by atoms with Gasteiger partial charge in [0.15, 0.2) is 0 Å². The Bertz CT molecular complexity index is 1200. The number of allylic oxidation sites excluding steroid dienone is 2. The van der Waals surface area contributed by atoms with Crippen LogP contribution in [0.4, 0.5) is 0 Å².